The minimum Gasteiger partial charge on any atom is -0.483 e. The maximum Gasteiger partial charge on any atom is 0.290 e. The van der Waals surface area contributed by atoms with E-state index in [9.17, 15) is 4.39 Å². The van der Waals surface area contributed by atoms with Gasteiger partial charge in [-0.1, -0.05) is 29.3 Å². The van der Waals surface area contributed by atoms with Gasteiger partial charge in [-0.25, -0.2) is 9.37 Å². The van der Waals surface area contributed by atoms with E-state index in [2.05, 4.69) is 10.3 Å². The topological polar surface area (TPSA) is 88.2 Å². The number of nitrogens with zero attached hydrogens (tertiary/aromatic N) is 1. The smallest absolute Gasteiger partial charge is 0.290 e. The van der Waals surface area contributed by atoms with Crippen molar-refractivity contribution >= 4 is 68.3 Å². The van der Waals surface area contributed by atoms with E-state index in [1.807, 2.05) is 17.5 Å². The van der Waals surface area contributed by atoms with E-state index >= 15 is 0 Å². The first-order chi connectivity index (χ1) is 12.4. The van der Waals surface area contributed by atoms with Crippen molar-refractivity contribution in [1.82, 2.24) is 4.98 Å². The van der Waals surface area contributed by atoms with Gasteiger partial charge in [0.25, 0.3) is 6.47 Å². The van der Waals surface area contributed by atoms with Crippen LogP contribution in [-0.4, -0.2) is 22.6 Å². The fourth-order valence-electron chi connectivity index (χ4n) is 2.17. The Bertz CT molecular complexity index is 872. The second-order valence-electron chi connectivity index (χ2n) is 5.25. The molecule has 26 heavy (non-hydrogen) atoms. The normalized spacial score (nSPS) is 13.0. The molecule has 0 aliphatic heterocycles. The second-order valence-corrected chi connectivity index (χ2v) is 8.10. The summed E-state index contributed by atoms with van der Waals surface area (Å²) >= 11 is 15.3. The third kappa shape index (κ3) is 4.83. The molecule has 1 unspecified atom stereocenters. The van der Waals surface area contributed by atoms with E-state index in [1.54, 1.807) is 24.3 Å². The molecule has 0 aromatic carbocycles. The largest absolute Gasteiger partial charge is 0.483 e. The molecule has 2 atom stereocenters. The zero-order valence-electron chi connectivity index (χ0n) is 13.6. The van der Waals surface area contributed by atoms with Crippen LogP contribution in [0.25, 0.3) is 10.2 Å². The number of fused-ring (bicyclic) bond motifs is 1. The number of anilines is 1. The molecule has 3 rings (SSSR count). The summed E-state index contributed by atoms with van der Waals surface area (Å²) in [4.78, 5) is 14.2. The van der Waals surface area contributed by atoms with E-state index in [1.165, 1.54) is 16.2 Å². The predicted octanol–water partition coefficient (Wildman–Crippen LogP) is 5.34. The lowest BCUT2D eigenvalue weighted by molar-refractivity contribution is -0.122. The highest BCUT2D eigenvalue weighted by atomic mass is 35.5. The molecule has 0 aliphatic carbocycles. The fraction of sp³-hybridized carbons (Fsp3) is 0.250. The summed E-state index contributed by atoms with van der Waals surface area (Å²) in [6.45, 7) is 2.02. The Morgan fingerprint density at radius 3 is 2.77 bits per heavy atom. The molecule has 0 saturated heterocycles. The second kappa shape index (κ2) is 9.48. The average molecular weight is 436 g/mol. The molecule has 0 amide bonds. The van der Waals surface area contributed by atoms with E-state index in [4.69, 9.17) is 38.8 Å². The predicted molar refractivity (Wildman–Crippen MR) is 107 cm³/mol. The number of rotatable bonds is 5. The summed E-state index contributed by atoms with van der Waals surface area (Å²) in [6, 6.07) is 5.12. The molecule has 140 valence electrons. The Labute approximate surface area is 167 Å². The van der Waals surface area contributed by atoms with Crippen LogP contribution in [0.5, 0.6) is 0 Å². The number of aromatic nitrogens is 1. The van der Waals surface area contributed by atoms with Crippen molar-refractivity contribution in [2.24, 2.45) is 5.73 Å². The van der Waals surface area contributed by atoms with E-state index < -0.39 is 12.2 Å². The molecule has 0 bridgehead atoms. The summed E-state index contributed by atoms with van der Waals surface area (Å²) in [5.41, 5.74) is 6.97. The molecule has 0 aliphatic rings. The van der Waals surface area contributed by atoms with Crippen LogP contribution in [-0.2, 0) is 11.3 Å². The van der Waals surface area contributed by atoms with Crippen molar-refractivity contribution in [1.29, 1.82) is 0 Å². The van der Waals surface area contributed by atoms with Gasteiger partial charge in [0.05, 0.1) is 20.3 Å². The molecule has 3 heterocycles. The number of pyridine rings is 1. The highest BCUT2D eigenvalue weighted by Crippen LogP contribution is 2.43. The summed E-state index contributed by atoms with van der Waals surface area (Å²) < 4.78 is 15.1. The monoisotopic (exact) mass is 435 g/mol. The quantitative estimate of drug-likeness (QED) is 0.371. The van der Waals surface area contributed by atoms with Crippen molar-refractivity contribution in [2.75, 3.05) is 5.32 Å². The van der Waals surface area contributed by atoms with Crippen molar-refractivity contribution in [3.05, 3.63) is 43.5 Å². The highest BCUT2D eigenvalue weighted by Gasteiger charge is 2.24. The first-order valence-electron chi connectivity index (χ1n) is 7.41. The Hall–Kier alpha value is -1.45. The molecule has 0 saturated carbocycles. The van der Waals surface area contributed by atoms with Crippen LogP contribution in [0.2, 0.25) is 10.2 Å². The maximum atomic E-state index is 14.3. The van der Waals surface area contributed by atoms with Crippen LogP contribution in [0.1, 0.15) is 22.8 Å². The maximum absolute atomic E-state index is 14.3. The Balaban J connectivity index is 0.000000758. The van der Waals surface area contributed by atoms with Gasteiger partial charge < -0.3 is 16.2 Å². The van der Waals surface area contributed by atoms with Gasteiger partial charge in [-0.15, -0.1) is 22.7 Å². The number of hydrogen-bond acceptors (Lipinski definition) is 6. The standard InChI is InChI=1S/C15H14Cl2FN3S2.CH2O2/c1-7(19)12(18)15-11(17)13-14(23-15)9(5-10(16)21-13)20-6-8-3-2-4-22-8;2-1-3/h2-5,7,12H,6,19H2,1H3,(H,20,21);1H,(H,2,3)/t7-,12?;/m0./s1. The highest BCUT2D eigenvalue weighted by molar-refractivity contribution is 7.20. The van der Waals surface area contributed by atoms with Gasteiger partial charge in [-0.2, -0.15) is 0 Å². The molecular formula is C16H16Cl2FN3O2S2. The van der Waals surface area contributed by atoms with Crippen LogP contribution in [0.4, 0.5) is 10.1 Å². The zero-order chi connectivity index (χ0) is 19.3. The number of hydrogen-bond donors (Lipinski definition) is 3. The Morgan fingerprint density at radius 1 is 1.50 bits per heavy atom. The van der Waals surface area contributed by atoms with Crippen molar-refractivity contribution < 1.29 is 14.3 Å². The van der Waals surface area contributed by atoms with E-state index in [0.29, 0.717) is 22.1 Å². The number of halogens is 3. The average Bonchev–Trinajstić information content (AvgIpc) is 3.21. The fourth-order valence-corrected chi connectivity index (χ4v) is 4.64. The van der Waals surface area contributed by atoms with Gasteiger partial charge in [0.15, 0.2) is 6.17 Å². The Kier molecular flexibility index (Phi) is 7.60. The number of nitrogens with one attached hydrogen (secondary N) is 1. The summed E-state index contributed by atoms with van der Waals surface area (Å²) in [5.74, 6) is 0. The van der Waals surface area contributed by atoms with Gasteiger partial charge in [0.1, 0.15) is 10.7 Å². The lowest BCUT2D eigenvalue weighted by Crippen LogP contribution is -2.20. The molecule has 3 aromatic heterocycles. The SMILES string of the molecule is C[C@H](N)C(F)c1sc2c(NCc3cccs3)cc(Cl)nc2c1Cl.O=CO. The van der Waals surface area contributed by atoms with Gasteiger partial charge in [0.2, 0.25) is 0 Å². The van der Waals surface area contributed by atoms with E-state index in [0.717, 1.165) is 10.4 Å². The van der Waals surface area contributed by atoms with Crippen LogP contribution < -0.4 is 11.1 Å². The molecule has 3 aromatic rings. The molecular weight excluding hydrogens is 420 g/mol. The van der Waals surface area contributed by atoms with Crippen molar-refractivity contribution in [2.45, 2.75) is 25.7 Å². The Morgan fingerprint density at radius 2 is 2.19 bits per heavy atom. The molecule has 10 heteroatoms. The van der Waals surface area contributed by atoms with E-state index in [-0.39, 0.29) is 11.5 Å². The minimum absolute atomic E-state index is 0.250. The minimum atomic E-state index is -1.33. The van der Waals surface area contributed by atoms with Gasteiger partial charge >= 0.3 is 0 Å². The third-order valence-electron chi connectivity index (χ3n) is 3.32. The summed E-state index contributed by atoms with van der Waals surface area (Å²) in [5, 5.41) is 12.8. The molecule has 5 nitrogen and oxygen atoms in total. The summed E-state index contributed by atoms with van der Waals surface area (Å²) in [7, 11) is 0. The van der Waals surface area contributed by atoms with Crippen LogP contribution in [0.15, 0.2) is 23.6 Å². The van der Waals surface area contributed by atoms with Crippen molar-refractivity contribution in [3.8, 4) is 0 Å². The number of nitrogens with two attached hydrogens (primary N) is 1. The van der Waals surface area contributed by atoms with Crippen LogP contribution >= 0.6 is 45.9 Å². The number of alkyl halides is 1. The number of carbonyl (C=O) groups is 1. The summed E-state index contributed by atoms with van der Waals surface area (Å²) in [6.07, 6.45) is -1.33. The first kappa shape index (κ1) is 20.9. The molecule has 0 radical (unpaired) electrons. The van der Waals surface area contributed by atoms with Crippen LogP contribution in [0.3, 0.4) is 0 Å². The third-order valence-corrected chi connectivity index (χ3v) is 6.15. The van der Waals surface area contributed by atoms with Gasteiger partial charge in [-0.3, -0.25) is 4.79 Å². The zero-order valence-corrected chi connectivity index (χ0v) is 16.7. The lowest BCUT2D eigenvalue weighted by atomic mass is 10.2. The first-order valence-corrected chi connectivity index (χ1v) is 9.86. The molecule has 0 fully saturated rings. The van der Waals surface area contributed by atoms with Crippen molar-refractivity contribution in [3.63, 3.8) is 0 Å². The lowest BCUT2D eigenvalue weighted by Gasteiger charge is -2.09. The molecule has 4 N–H and O–H groups in total. The van der Waals surface area contributed by atoms with Gasteiger partial charge in [-0.05, 0) is 18.4 Å². The number of carboxylic acid groups (broad SMARTS) is 1. The number of thiophene rings is 2. The van der Waals surface area contributed by atoms with Crippen LogP contribution in [0, 0.1) is 0 Å². The molecule has 0 spiro atoms. The van der Waals surface area contributed by atoms with Gasteiger partial charge in [0, 0.05) is 23.5 Å².